The van der Waals surface area contributed by atoms with E-state index in [2.05, 4.69) is 10.2 Å². The van der Waals surface area contributed by atoms with Crippen LogP contribution in [0.5, 0.6) is 0 Å². The number of aliphatic hydroxyl groups is 1. The van der Waals surface area contributed by atoms with Crippen molar-refractivity contribution in [2.45, 2.75) is 0 Å². The molecule has 0 radical (unpaired) electrons. The second kappa shape index (κ2) is 4.11. The lowest BCUT2D eigenvalue weighted by Gasteiger charge is -1.96. The summed E-state index contributed by atoms with van der Waals surface area (Å²) < 4.78 is 0. The highest BCUT2D eigenvalue weighted by molar-refractivity contribution is 5.89. The van der Waals surface area contributed by atoms with Crippen molar-refractivity contribution in [3.8, 4) is 0 Å². The van der Waals surface area contributed by atoms with Gasteiger partial charge in [0.2, 0.25) is 0 Å². The SMILES string of the molecule is O=[N+]([O-])c1cc(C=CCO)cc2[nH]ncc12. The molecule has 0 spiro atoms. The standard InChI is InChI=1S/C10H9N3O3/c14-3-1-2-7-4-9-8(6-11-12-9)10(5-7)13(15)16/h1-2,4-6,14H,3H2,(H,11,12). The molecule has 0 unspecified atom stereocenters. The Bertz CT molecular complexity index is 559. The number of nitro groups is 1. The van der Waals surface area contributed by atoms with Crippen molar-refractivity contribution in [1.29, 1.82) is 0 Å². The van der Waals surface area contributed by atoms with Gasteiger partial charge in [0.25, 0.3) is 5.69 Å². The van der Waals surface area contributed by atoms with Crippen LogP contribution in [-0.2, 0) is 0 Å². The van der Waals surface area contributed by atoms with Gasteiger partial charge in [-0.1, -0.05) is 12.2 Å². The van der Waals surface area contributed by atoms with Crippen molar-refractivity contribution >= 4 is 22.7 Å². The summed E-state index contributed by atoms with van der Waals surface area (Å²) in [5.74, 6) is 0. The Balaban J connectivity index is 2.61. The summed E-state index contributed by atoms with van der Waals surface area (Å²) in [5, 5.41) is 26.4. The highest BCUT2D eigenvalue weighted by Crippen LogP contribution is 2.26. The molecule has 1 aromatic carbocycles. The summed E-state index contributed by atoms with van der Waals surface area (Å²) in [4.78, 5) is 10.4. The molecule has 0 saturated heterocycles. The van der Waals surface area contributed by atoms with Gasteiger partial charge in [-0.05, 0) is 11.6 Å². The van der Waals surface area contributed by atoms with Crippen molar-refractivity contribution < 1.29 is 10.0 Å². The molecule has 6 nitrogen and oxygen atoms in total. The van der Waals surface area contributed by atoms with Crippen LogP contribution in [0.15, 0.2) is 24.4 Å². The number of aliphatic hydroxyl groups excluding tert-OH is 1. The van der Waals surface area contributed by atoms with Crippen LogP contribution in [0.4, 0.5) is 5.69 Å². The first-order chi connectivity index (χ1) is 7.72. The topological polar surface area (TPSA) is 92.0 Å². The van der Waals surface area contributed by atoms with Gasteiger partial charge in [0.15, 0.2) is 0 Å². The molecule has 0 amide bonds. The summed E-state index contributed by atoms with van der Waals surface area (Å²) >= 11 is 0. The number of nitro benzene ring substituents is 1. The number of hydrogen-bond donors (Lipinski definition) is 2. The molecular formula is C10H9N3O3. The largest absolute Gasteiger partial charge is 0.392 e. The molecule has 1 aromatic heterocycles. The van der Waals surface area contributed by atoms with Gasteiger partial charge in [0.1, 0.15) is 0 Å². The number of benzene rings is 1. The molecule has 1 heterocycles. The monoisotopic (exact) mass is 219 g/mol. The van der Waals surface area contributed by atoms with Crippen LogP contribution in [0.25, 0.3) is 17.0 Å². The highest BCUT2D eigenvalue weighted by Gasteiger charge is 2.13. The molecule has 16 heavy (non-hydrogen) atoms. The van der Waals surface area contributed by atoms with Crippen LogP contribution in [-0.4, -0.2) is 26.8 Å². The molecule has 0 atom stereocenters. The number of hydrogen-bond acceptors (Lipinski definition) is 4. The van der Waals surface area contributed by atoms with E-state index in [0.29, 0.717) is 16.5 Å². The normalized spacial score (nSPS) is 11.3. The summed E-state index contributed by atoms with van der Waals surface area (Å²) in [6, 6.07) is 3.19. The Morgan fingerprint density at radius 2 is 2.38 bits per heavy atom. The second-order valence-electron chi connectivity index (χ2n) is 3.21. The minimum absolute atomic E-state index is 0.00356. The van der Waals surface area contributed by atoms with E-state index in [0.717, 1.165) is 0 Å². The fraction of sp³-hybridized carbons (Fsp3) is 0.100. The van der Waals surface area contributed by atoms with E-state index in [-0.39, 0.29) is 12.3 Å². The summed E-state index contributed by atoms with van der Waals surface area (Å²) in [7, 11) is 0. The van der Waals surface area contributed by atoms with Crippen molar-refractivity contribution in [3.63, 3.8) is 0 Å². The van der Waals surface area contributed by atoms with Crippen LogP contribution in [0, 0.1) is 10.1 Å². The fourth-order valence-electron chi connectivity index (χ4n) is 1.49. The van der Waals surface area contributed by atoms with Gasteiger partial charge in [0.05, 0.1) is 28.6 Å². The minimum Gasteiger partial charge on any atom is -0.392 e. The lowest BCUT2D eigenvalue weighted by molar-refractivity contribution is -0.383. The molecule has 0 aliphatic carbocycles. The smallest absolute Gasteiger partial charge is 0.280 e. The van der Waals surface area contributed by atoms with Crippen LogP contribution < -0.4 is 0 Å². The molecule has 0 fully saturated rings. The van der Waals surface area contributed by atoms with E-state index >= 15 is 0 Å². The predicted molar refractivity (Wildman–Crippen MR) is 58.9 cm³/mol. The molecule has 0 bridgehead atoms. The number of rotatable bonds is 3. The first-order valence-corrected chi connectivity index (χ1v) is 4.61. The van der Waals surface area contributed by atoms with E-state index in [4.69, 9.17) is 5.11 Å². The Labute approximate surface area is 90.4 Å². The maximum absolute atomic E-state index is 10.8. The van der Waals surface area contributed by atoms with Crippen molar-refractivity contribution in [2.24, 2.45) is 0 Å². The third-order valence-electron chi connectivity index (χ3n) is 2.17. The first-order valence-electron chi connectivity index (χ1n) is 4.61. The first kappa shape index (κ1) is 10.3. The molecule has 2 rings (SSSR count). The zero-order valence-corrected chi connectivity index (χ0v) is 8.25. The van der Waals surface area contributed by atoms with Gasteiger partial charge < -0.3 is 5.11 Å². The summed E-state index contributed by atoms with van der Waals surface area (Å²) in [6.45, 7) is -0.102. The molecule has 0 aliphatic rings. The predicted octanol–water partition coefficient (Wildman–Crippen LogP) is 1.48. The van der Waals surface area contributed by atoms with Crippen LogP contribution in [0.1, 0.15) is 5.56 Å². The number of fused-ring (bicyclic) bond motifs is 1. The Morgan fingerprint density at radius 3 is 3.06 bits per heavy atom. The van der Waals surface area contributed by atoms with Gasteiger partial charge in [-0.2, -0.15) is 5.10 Å². The van der Waals surface area contributed by atoms with Gasteiger partial charge >= 0.3 is 0 Å². The number of aromatic amines is 1. The lowest BCUT2D eigenvalue weighted by Crippen LogP contribution is -1.89. The molecular weight excluding hydrogens is 210 g/mol. The number of non-ortho nitro benzene ring substituents is 1. The third kappa shape index (κ3) is 1.78. The number of H-pyrrole nitrogens is 1. The van der Waals surface area contributed by atoms with E-state index in [9.17, 15) is 10.1 Å². The van der Waals surface area contributed by atoms with E-state index < -0.39 is 4.92 Å². The Kier molecular flexibility index (Phi) is 2.65. The van der Waals surface area contributed by atoms with Gasteiger partial charge in [-0.3, -0.25) is 15.2 Å². The average molecular weight is 219 g/mol. The molecule has 6 heteroatoms. The van der Waals surface area contributed by atoms with E-state index in [1.165, 1.54) is 18.3 Å². The Morgan fingerprint density at radius 1 is 1.56 bits per heavy atom. The van der Waals surface area contributed by atoms with Gasteiger partial charge in [-0.25, -0.2) is 0 Å². The third-order valence-corrected chi connectivity index (χ3v) is 2.17. The maximum Gasteiger partial charge on any atom is 0.280 e. The molecule has 2 N–H and O–H groups in total. The van der Waals surface area contributed by atoms with E-state index in [1.807, 2.05) is 0 Å². The van der Waals surface area contributed by atoms with Crippen molar-refractivity contribution in [2.75, 3.05) is 6.61 Å². The quantitative estimate of drug-likeness (QED) is 0.604. The molecule has 0 saturated carbocycles. The van der Waals surface area contributed by atoms with Gasteiger partial charge in [0, 0.05) is 6.07 Å². The number of nitrogens with one attached hydrogen (secondary N) is 1. The number of aromatic nitrogens is 2. The molecule has 0 aliphatic heterocycles. The fourth-order valence-corrected chi connectivity index (χ4v) is 1.49. The van der Waals surface area contributed by atoms with Crippen LogP contribution >= 0.6 is 0 Å². The van der Waals surface area contributed by atoms with Crippen LogP contribution in [0.2, 0.25) is 0 Å². The van der Waals surface area contributed by atoms with Crippen molar-refractivity contribution in [3.05, 3.63) is 40.1 Å². The average Bonchev–Trinajstić information content (AvgIpc) is 2.72. The zero-order valence-electron chi connectivity index (χ0n) is 8.25. The summed E-state index contributed by atoms with van der Waals surface area (Å²) in [6.07, 6.45) is 4.56. The lowest BCUT2D eigenvalue weighted by atomic mass is 10.1. The minimum atomic E-state index is -0.450. The molecule has 82 valence electrons. The zero-order chi connectivity index (χ0) is 11.5. The second-order valence-corrected chi connectivity index (χ2v) is 3.21. The van der Waals surface area contributed by atoms with Crippen molar-refractivity contribution in [1.82, 2.24) is 10.2 Å². The van der Waals surface area contributed by atoms with Crippen LogP contribution in [0.3, 0.4) is 0 Å². The summed E-state index contributed by atoms with van der Waals surface area (Å²) in [5.41, 5.74) is 1.26. The maximum atomic E-state index is 10.8. The number of nitrogens with zero attached hydrogens (tertiary/aromatic N) is 2. The van der Waals surface area contributed by atoms with Gasteiger partial charge in [-0.15, -0.1) is 0 Å². The van der Waals surface area contributed by atoms with E-state index in [1.54, 1.807) is 12.1 Å². The molecule has 2 aromatic rings. The highest BCUT2D eigenvalue weighted by atomic mass is 16.6. The Hall–Kier alpha value is -2.21.